The van der Waals surface area contributed by atoms with Crippen molar-refractivity contribution in [1.29, 1.82) is 0 Å². The zero-order valence-electron chi connectivity index (χ0n) is 11.8. The molecule has 5 nitrogen and oxygen atoms in total. The second-order valence-corrected chi connectivity index (χ2v) is 5.23. The molecule has 108 valence electrons. The van der Waals surface area contributed by atoms with Gasteiger partial charge < -0.3 is 20.1 Å². The van der Waals surface area contributed by atoms with Crippen LogP contribution < -0.4 is 20.1 Å². The largest absolute Gasteiger partial charge is 0.454 e. The van der Waals surface area contributed by atoms with E-state index in [9.17, 15) is 0 Å². The fraction of sp³-hybridized carbons (Fsp3) is 0.200. The van der Waals surface area contributed by atoms with Crippen LogP contribution in [0.25, 0.3) is 0 Å². The third-order valence-electron chi connectivity index (χ3n) is 2.97. The van der Waals surface area contributed by atoms with Crippen molar-refractivity contribution in [3.8, 4) is 11.5 Å². The summed E-state index contributed by atoms with van der Waals surface area (Å²) in [4.78, 5) is 4.39. The minimum absolute atomic E-state index is 0.258. The van der Waals surface area contributed by atoms with Crippen LogP contribution in [-0.2, 0) is 0 Å². The van der Waals surface area contributed by atoms with Gasteiger partial charge in [-0.3, -0.25) is 0 Å². The molecule has 1 aliphatic rings. The van der Waals surface area contributed by atoms with Crippen LogP contribution in [0, 0.1) is 13.8 Å². The van der Waals surface area contributed by atoms with Crippen molar-refractivity contribution in [3.63, 3.8) is 0 Å². The van der Waals surface area contributed by atoms with Gasteiger partial charge in [-0.2, -0.15) is 0 Å². The van der Waals surface area contributed by atoms with E-state index in [2.05, 4.69) is 15.6 Å². The topological polar surface area (TPSA) is 55.4 Å². The van der Waals surface area contributed by atoms with Gasteiger partial charge in [-0.05, 0) is 55.9 Å². The molecule has 0 amide bonds. The number of nitrogens with zero attached hydrogens (tertiary/aromatic N) is 1. The van der Waals surface area contributed by atoms with Crippen molar-refractivity contribution < 1.29 is 9.47 Å². The van der Waals surface area contributed by atoms with E-state index < -0.39 is 0 Å². The molecule has 0 saturated carbocycles. The summed E-state index contributed by atoms with van der Waals surface area (Å²) < 4.78 is 10.6. The van der Waals surface area contributed by atoms with E-state index >= 15 is 0 Å². The Morgan fingerprint density at radius 2 is 1.90 bits per heavy atom. The first-order chi connectivity index (χ1) is 10.1. The van der Waals surface area contributed by atoms with E-state index in [1.807, 2.05) is 44.2 Å². The lowest BCUT2D eigenvalue weighted by atomic mass is 10.2. The number of anilines is 2. The van der Waals surface area contributed by atoms with Crippen LogP contribution in [0.1, 0.15) is 11.3 Å². The maximum absolute atomic E-state index is 5.33. The maximum atomic E-state index is 5.33. The fourth-order valence-electron chi connectivity index (χ4n) is 2.16. The highest BCUT2D eigenvalue weighted by Crippen LogP contribution is 2.34. The number of nitrogens with one attached hydrogen (secondary N) is 2. The summed E-state index contributed by atoms with van der Waals surface area (Å²) >= 11 is 5.30. The highest BCUT2D eigenvalue weighted by molar-refractivity contribution is 7.80. The molecule has 6 heteroatoms. The van der Waals surface area contributed by atoms with Crippen LogP contribution in [0.2, 0.25) is 0 Å². The average Bonchev–Trinajstić information content (AvgIpc) is 2.84. The van der Waals surface area contributed by atoms with Gasteiger partial charge in [-0.25, -0.2) is 4.98 Å². The number of thiocarbonyl (C=S) groups is 1. The predicted octanol–water partition coefficient (Wildman–Crippen LogP) is 3.24. The first-order valence-electron chi connectivity index (χ1n) is 6.53. The van der Waals surface area contributed by atoms with Gasteiger partial charge in [0.15, 0.2) is 16.6 Å². The fourth-order valence-corrected chi connectivity index (χ4v) is 2.38. The lowest BCUT2D eigenvalue weighted by molar-refractivity contribution is 0.174. The molecule has 2 aromatic rings. The smallest absolute Gasteiger partial charge is 0.231 e. The molecular weight excluding hydrogens is 286 g/mol. The molecule has 0 bridgehead atoms. The van der Waals surface area contributed by atoms with Gasteiger partial charge in [0.05, 0.1) is 0 Å². The van der Waals surface area contributed by atoms with E-state index in [0.717, 1.165) is 28.5 Å². The van der Waals surface area contributed by atoms with E-state index in [4.69, 9.17) is 21.7 Å². The Morgan fingerprint density at radius 1 is 1.10 bits per heavy atom. The number of aryl methyl sites for hydroxylation is 2. The number of fused-ring (bicyclic) bond motifs is 1. The zero-order valence-corrected chi connectivity index (χ0v) is 12.6. The highest BCUT2D eigenvalue weighted by Gasteiger charge is 2.13. The van der Waals surface area contributed by atoms with Gasteiger partial charge >= 0.3 is 0 Å². The summed E-state index contributed by atoms with van der Waals surface area (Å²) in [6, 6.07) is 9.55. The number of hydrogen-bond donors (Lipinski definition) is 2. The average molecular weight is 301 g/mol. The summed E-state index contributed by atoms with van der Waals surface area (Å²) in [5.74, 6) is 2.19. The first-order valence-corrected chi connectivity index (χ1v) is 6.94. The number of rotatable bonds is 2. The summed E-state index contributed by atoms with van der Waals surface area (Å²) in [5.41, 5.74) is 2.92. The van der Waals surface area contributed by atoms with Crippen LogP contribution in [-0.4, -0.2) is 16.9 Å². The molecule has 0 fully saturated rings. The van der Waals surface area contributed by atoms with Crippen molar-refractivity contribution in [2.75, 3.05) is 17.4 Å². The number of benzene rings is 1. The zero-order chi connectivity index (χ0) is 14.8. The Hall–Kier alpha value is -2.34. The Kier molecular flexibility index (Phi) is 3.62. The van der Waals surface area contributed by atoms with Gasteiger partial charge in [0.1, 0.15) is 5.82 Å². The van der Waals surface area contributed by atoms with Gasteiger partial charge in [0, 0.05) is 17.4 Å². The summed E-state index contributed by atoms with van der Waals surface area (Å²) in [6.45, 7) is 4.23. The van der Waals surface area contributed by atoms with Crippen LogP contribution >= 0.6 is 12.2 Å². The minimum atomic E-state index is 0.258. The molecule has 0 spiro atoms. The van der Waals surface area contributed by atoms with Crippen LogP contribution in [0.3, 0.4) is 0 Å². The number of hydrogen-bond acceptors (Lipinski definition) is 4. The van der Waals surface area contributed by atoms with Crippen molar-refractivity contribution >= 4 is 28.8 Å². The van der Waals surface area contributed by atoms with Gasteiger partial charge in [-0.15, -0.1) is 0 Å². The molecule has 1 aliphatic heterocycles. The predicted molar refractivity (Wildman–Crippen MR) is 86.1 cm³/mol. The van der Waals surface area contributed by atoms with Crippen molar-refractivity contribution in [1.82, 2.24) is 4.98 Å². The lowest BCUT2D eigenvalue weighted by Gasteiger charge is -2.11. The Balaban J connectivity index is 1.69. The molecule has 0 aliphatic carbocycles. The quantitative estimate of drug-likeness (QED) is 0.831. The Morgan fingerprint density at radius 3 is 2.71 bits per heavy atom. The summed E-state index contributed by atoms with van der Waals surface area (Å²) in [7, 11) is 0. The van der Waals surface area contributed by atoms with E-state index in [-0.39, 0.29) is 6.79 Å². The number of aromatic nitrogens is 1. The molecule has 1 aromatic carbocycles. The van der Waals surface area contributed by atoms with Gasteiger partial charge in [0.25, 0.3) is 0 Å². The van der Waals surface area contributed by atoms with E-state index in [1.54, 1.807) is 0 Å². The molecule has 2 N–H and O–H groups in total. The molecule has 0 saturated heterocycles. The summed E-state index contributed by atoms with van der Waals surface area (Å²) in [5, 5.41) is 6.66. The third kappa shape index (κ3) is 3.22. The molecule has 2 heterocycles. The SMILES string of the molecule is Cc1cc(C)nc(NC(=S)Nc2ccc3c(c2)OCO3)c1. The first kappa shape index (κ1) is 13.6. The van der Waals surface area contributed by atoms with Gasteiger partial charge in [0.2, 0.25) is 6.79 Å². The maximum Gasteiger partial charge on any atom is 0.231 e. The molecule has 3 rings (SSSR count). The molecule has 21 heavy (non-hydrogen) atoms. The van der Waals surface area contributed by atoms with Crippen LogP contribution in [0.5, 0.6) is 11.5 Å². The van der Waals surface area contributed by atoms with Crippen molar-refractivity contribution in [2.24, 2.45) is 0 Å². The normalized spacial score (nSPS) is 12.1. The molecule has 0 radical (unpaired) electrons. The standard InChI is InChI=1S/C15H15N3O2S/c1-9-5-10(2)16-14(6-9)18-15(21)17-11-3-4-12-13(7-11)20-8-19-12/h3-7H,8H2,1-2H3,(H2,16,17,18,21). The molecule has 0 unspecified atom stereocenters. The second-order valence-electron chi connectivity index (χ2n) is 4.82. The highest BCUT2D eigenvalue weighted by atomic mass is 32.1. The molecular formula is C15H15N3O2S. The number of pyridine rings is 1. The Bertz CT molecular complexity index is 683. The Labute approximate surface area is 128 Å². The molecule has 1 aromatic heterocycles. The van der Waals surface area contributed by atoms with Crippen molar-refractivity contribution in [2.45, 2.75) is 13.8 Å². The van der Waals surface area contributed by atoms with Crippen molar-refractivity contribution in [3.05, 3.63) is 41.6 Å². The minimum Gasteiger partial charge on any atom is -0.454 e. The molecule has 0 atom stereocenters. The number of ether oxygens (including phenoxy) is 2. The van der Waals surface area contributed by atoms with Gasteiger partial charge in [-0.1, -0.05) is 0 Å². The van der Waals surface area contributed by atoms with E-state index in [1.165, 1.54) is 0 Å². The lowest BCUT2D eigenvalue weighted by Crippen LogP contribution is -2.20. The van der Waals surface area contributed by atoms with Crippen LogP contribution in [0.15, 0.2) is 30.3 Å². The third-order valence-corrected chi connectivity index (χ3v) is 3.17. The van der Waals surface area contributed by atoms with Crippen LogP contribution in [0.4, 0.5) is 11.5 Å². The van der Waals surface area contributed by atoms with E-state index in [0.29, 0.717) is 10.9 Å². The monoisotopic (exact) mass is 301 g/mol. The second kappa shape index (κ2) is 5.57. The summed E-state index contributed by atoms with van der Waals surface area (Å²) in [6.07, 6.45) is 0.